The van der Waals surface area contributed by atoms with E-state index in [-0.39, 0.29) is 57.7 Å². The third-order valence-electron chi connectivity index (χ3n) is 4.37. The third-order valence-corrected chi connectivity index (χ3v) is 4.37. The molecule has 0 aliphatic carbocycles. The molecule has 0 spiro atoms. The van der Waals surface area contributed by atoms with Gasteiger partial charge in [-0.2, -0.15) is 0 Å². The summed E-state index contributed by atoms with van der Waals surface area (Å²) in [5.41, 5.74) is 0.899. The van der Waals surface area contributed by atoms with Crippen LogP contribution in [0.2, 0.25) is 0 Å². The molecule has 44 heavy (non-hydrogen) atoms. The summed E-state index contributed by atoms with van der Waals surface area (Å²) in [6.45, 7) is 4.36. The molecule has 0 saturated carbocycles. The molecule has 0 bridgehead atoms. The molecule has 2 aromatic carbocycles. The highest BCUT2D eigenvalue weighted by Gasteiger charge is 2.18. The molecule has 0 aliphatic rings. The Morgan fingerprint density at radius 3 is 1.16 bits per heavy atom. The Bertz CT molecular complexity index is 1340. The summed E-state index contributed by atoms with van der Waals surface area (Å²) < 4.78 is 79.7. The van der Waals surface area contributed by atoms with Gasteiger partial charge in [0.1, 0.15) is 5.60 Å². The summed E-state index contributed by atoms with van der Waals surface area (Å²) in [5, 5.41) is 8.62. The topological polar surface area (TPSA) is 200 Å². The first-order valence-corrected chi connectivity index (χ1v) is 13.8. The van der Waals surface area contributed by atoms with Gasteiger partial charge < -0.3 is 9.84 Å². The number of carboxylic acids is 1. The molecule has 0 heterocycles. The van der Waals surface area contributed by atoms with Crippen LogP contribution in [-0.4, -0.2) is 72.8 Å². The smallest absolute Gasteiger partial charge is 0.425 e. The first-order chi connectivity index (χ1) is 19.4. The van der Waals surface area contributed by atoms with Crippen LogP contribution in [0.25, 0.3) is 0 Å². The zero-order chi connectivity index (χ0) is 32.9. The lowest BCUT2D eigenvalue weighted by Gasteiger charge is -2.19. The molecule has 12 nitrogen and oxygen atoms in total. The number of alkyl halides is 2. The second-order valence-corrected chi connectivity index (χ2v) is 9.62. The molecule has 0 unspecified atom stereocenters. The standard InChI is InChI=1S/C15H19FO3.C11H11FO3.2CH4.2O3S/c1-15(2,3)19-14(18)12-8-6-11(7-9-12)13(17)5-4-10-16;12-7-1-2-10(13)8-3-5-9(6-4-8)11(14)15;;;2*1-4(2)3/h6-9H,4-5,10H2,1-3H3;3-6H,1-2,7H2,(H,14,15);2*1H4;;. The molecule has 0 radical (unpaired) electrons. The quantitative estimate of drug-likeness (QED) is 0.258. The minimum atomic E-state index is -3.11. The average molecular weight is 669 g/mol. The van der Waals surface area contributed by atoms with Gasteiger partial charge in [0.15, 0.2) is 11.6 Å². The number of aromatic carboxylic acids is 1. The average Bonchev–Trinajstić information content (AvgIpc) is 2.89. The van der Waals surface area contributed by atoms with Gasteiger partial charge in [0, 0.05) is 24.0 Å². The van der Waals surface area contributed by atoms with Crippen molar-refractivity contribution in [3.8, 4) is 0 Å². The van der Waals surface area contributed by atoms with Crippen molar-refractivity contribution in [2.75, 3.05) is 13.3 Å². The van der Waals surface area contributed by atoms with E-state index in [1.54, 1.807) is 45.0 Å². The zero-order valence-corrected chi connectivity index (χ0v) is 24.5. The summed E-state index contributed by atoms with van der Waals surface area (Å²) in [6, 6.07) is 11.9. The number of hydrogen-bond donors (Lipinski definition) is 1. The van der Waals surface area contributed by atoms with Crippen molar-refractivity contribution in [1.82, 2.24) is 0 Å². The van der Waals surface area contributed by atoms with E-state index in [1.807, 2.05) is 0 Å². The van der Waals surface area contributed by atoms with Gasteiger partial charge in [0.2, 0.25) is 0 Å². The molecule has 0 fully saturated rings. The van der Waals surface area contributed by atoms with Gasteiger partial charge in [-0.15, -0.1) is 25.3 Å². The normalized spacial score (nSPS) is 9.30. The van der Waals surface area contributed by atoms with Gasteiger partial charge in [-0.1, -0.05) is 39.1 Å². The Kier molecular flexibility index (Phi) is 26.9. The van der Waals surface area contributed by atoms with Crippen LogP contribution in [0.3, 0.4) is 0 Å². The van der Waals surface area contributed by atoms with E-state index in [2.05, 4.69) is 0 Å². The van der Waals surface area contributed by atoms with Crippen LogP contribution in [0.5, 0.6) is 0 Å². The van der Waals surface area contributed by atoms with E-state index in [9.17, 15) is 28.0 Å². The van der Waals surface area contributed by atoms with Gasteiger partial charge in [-0.05, 0) is 57.9 Å². The monoisotopic (exact) mass is 668 g/mol. The van der Waals surface area contributed by atoms with Crippen LogP contribution in [0.1, 0.15) is 103 Å². The van der Waals surface area contributed by atoms with Crippen LogP contribution < -0.4 is 0 Å². The van der Waals surface area contributed by atoms with Gasteiger partial charge in [-0.25, -0.2) is 9.59 Å². The van der Waals surface area contributed by atoms with E-state index in [0.29, 0.717) is 16.7 Å². The van der Waals surface area contributed by atoms with Crippen molar-refractivity contribution in [2.45, 2.75) is 66.9 Å². The first-order valence-electron chi connectivity index (χ1n) is 11.8. The molecule has 0 aliphatic heterocycles. The minimum absolute atomic E-state index is 0. The van der Waals surface area contributed by atoms with Gasteiger partial charge in [0.25, 0.3) is 0 Å². The van der Waals surface area contributed by atoms with Crippen LogP contribution >= 0.6 is 0 Å². The number of Topliss-reactive ketones (excluding diaryl/α,β-unsaturated/α-hetero) is 2. The van der Waals surface area contributed by atoms with Gasteiger partial charge >= 0.3 is 33.2 Å². The van der Waals surface area contributed by atoms with Crippen molar-refractivity contribution in [3.63, 3.8) is 0 Å². The van der Waals surface area contributed by atoms with Crippen LogP contribution in [0, 0.1) is 0 Å². The maximum absolute atomic E-state index is 12.0. The molecule has 1 N–H and O–H groups in total. The number of rotatable bonds is 10. The molecule has 2 rings (SSSR count). The van der Waals surface area contributed by atoms with Crippen molar-refractivity contribution in [3.05, 3.63) is 70.8 Å². The minimum Gasteiger partial charge on any atom is -0.478 e. The molecule has 2 aromatic rings. The van der Waals surface area contributed by atoms with E-state index in [4.69, 9.17) is 35.1 Å². The predicted molar refractivity (Wildman–Crippen MR) is 157 cm³/mol. The van der Waals surface area contributed by atoms with Gasteiger partial charge in [-0.3, -0.25) is 18.4 Å². The molecular formula is C28H38F2O12S2. The summed E-state index contributed by atoms with van der Waals surface area (Å²) in [7, 11) is -6.22. The number of halogens is 2. The van der Waals surface area contributed by atoms with Crippen molar-refractivity contribution in [2.24, 2.45) is 0 Å². The van der Waals surface area contributed by atoms with Gasteiger partial charge in [0.05, 0.1) is 24.5 Å². The lowest BCUT2D eigenvalue weighted by molar-refractivity contribution is 0.00689. The SMILES string of the molecule is C.C.CC(C)(C)OC(=O)c1ccc(C(=O)CCCF)cc1.O=C(O)c1ccc(C(=O)CCCF)cc1.O=S(=O)=O.O=S(=O)=O. The highest BCUT2D eigenvalue weighted by atomic mass is 32.2. The lowest BCUT2D eigenvalue weighted by Crippen LogP contribution is -2.23. The molecule has 0 aromatic heterocycles. The summed E-state index contributed by atoms with van der Waals surface area (Å²) in [5.74, 6) is -1.73. The molecule has 248 valence electrons. The number of benzene rings is 2. The third kappa shape index (κ3) is 25.5. The highest BCUT2D eigenvalue weighted by Crippen LogP contribution is 2.14. The van der Waals surface area contributed by atoms with E-state index in [1.165, 1.54) is 24.3 Å². The number of esters is 1. The number of carbonyl (C=O) groups excluding carboxylic acids is 3. The maximum atomic E-state index is 12.0. The van der Waals surface area contributed by atoms with Crippen molar-refractivity contribution < 1.29 is 63.1 Å². The molecular weight excluding hydrogens is 630 g/mol. The van der Waals surface area contributed by atoms with Crippen LogP contribution in [0.4, 0.5) is 8.78 Å². The van der Waals surface area contributed by atoms with Crippen LogP contribution in [0.15, 0.2) is 48.5 Å². The fourth-order valence-electron chi connectivity index (χ4n) is 2.67. The Morgan fingerprint density at radius 1 is 0.636 bits per heavy atom. The second-order valence-electron chi connectivity index (χ2n) is 8.80. The fourth-order valence-corrected chi connectivity index (χ4v) is 2.67. The Balaban J connectivity index is -0.000000285. The number of carbonyl (C=O) groups is 4. The van der Waals surface area contributed by atoms with Crippen molar-refractivity contribution >= 4 is 44.7 Å². The van der Waals surface area contributed by atoms with E-state index in [0.717, 1.165) is 0 Å². The Morgan fingerprint density at radius 2 is 0.909 bits per heavy atom. The molecule has 0 saturated heterocycles. The molecule has 0 amide bonds. The summed E-state index contributed by atoms with van der Waals surface area (Å²) in [4.78, 5) is 45.3. The number of ether oxygens (including phenoxy) is 1. The summed E-state index contributed by atoms with van der Waals surface area (Å²) in [6.07, 6.45) is 0.775. The van der Waals surface area contributed by atoms with E-state index < -0.39 is 52.1 Å². The molecule has 0 atom stereocenters. The van der Waals surface area contributed by atoms with Crippen molar-refractivity contribution in [1.29, 1.82) is 0 Å². The highest BCUT2D eigenvalue weighted by molar-refractivity contribution is 7.59. The number of hydrogen-bond acceptors (Lipinski definition) is 11. The molecule has 16 heteroatoms. The predicted octanol–water partition coefficient (Wildman–Crippen LogP) is 5.16. The van der Waals surface area contributed by atoms with Crippen LogP contribution in [-0.2, 0) is 26.0 Å². The largest absolute Gasteiger partial charge is 0.478 e. The Labute approximate surface area is 258 Å². The Hall–Kier alpha value is -4.18. The van der Waals surface area contributed by atoms with E-state index >= 15 is 0 Å². The fraction of sp³-hybridized carbons (Fsp3) is 0.429. The zero-order valence-electron chi connectivity index (χ0n) is 22.9. The number of carboxylic acid groups (broad SMARTS) is 1. The summed E-state index contributed by atoms with van der Waals surface area (Å²) >= 11 is 0. The number of ketones is 2. The first kappa shape index (κ1) is 46.8. The maximum Gasteiger partial charge on any atom is 0.425 e. The lowest BCUT2D eigenvalue weighted by atomic mass is 10.0. The second kappa shape index (κ2) is 25.3.